The molecule has 0 fully saturated rings. The van der Waals surface area contributed by atoms with Gasteiger partial charge in [-0.3, -0.25) is 4.79 Å². The van der Waals surface area contributed by atoms with Crippen molar-refractivity contribution in [1.82, 2.24) is 9.78 Å². The molecule has 1 aromatic heterocycles. The molecule has 2 heterocycles. The summed E-state index contributed by atoms with van der Waals surface area (Å²) in [4.78, 5) is 12.7. The molecule has 2 atom stereocenters. The number of carbonyl (C=O) groups excluding carboxylic acids is 1. The normalized spacial score (nSPS) is 18.4. The van der Waals surface area contributed by atoms with Crippen molar-refractivity contribution < 1.29 is 27.5 Å². The molecule has 3 aromatic rings. The number of hydrogen-bond donors (Lipinski definition) is 3. The van der Waals surface area contributed by atoms with E-state index in [0.29, 0.717) is 5.56 Å². The second-order valence-corrected chi connectivity index (χ2v) is 6.90. The van der Waals surface area contributed by atoms with E-state index >= 15 is 0 Å². The van der Waals surface area contributed by atoms with Crippen molar-refractivity contribution >= 4 is 17.4 Å². The third-order valence-corrected chi connectivity index (χ3v) is 4.86. The summed E-state index contributed by atoms with van der Waals surface area (Å²) in [7, 11) is 0. The Bertz CT molecular complexity index is 1080. The highest BCUT2D eigenvalue weighted by Gasteiger charge is 2.47. The molecule has 156 valence electrons. The largest absolute Gasteiger partial charge is 0.508 e. The Morgan fingerprint density at radius 3 is 2.60 bits per heavy atom. The van der Waals surface area contributed by atoms with Crippen LogP contribution >= 0.6 is 0 Å². The molecule has 1 aliphatic rings. The fourth-order valence-corrected chi connectivity index (χ4v) is 3.42. The maximum absolute atomic E-state index is 13.7. The first-order chi connectivity index (χ1) is 14.2. The molecule has 0 spiro atoms. The zero-order valence-corrected chi connectivity index (χ0v) is 15.3. The lowest BCUT2D eigenvalue weighted by Gasteiger charge is -2.34. The number of amides is 1. The van der Waals surface area contributed by atoms with Gasteiger partial charge in [-0.25, -0.2) is 9.07 Å². The average molecular weight is 420 g/mol. The van der Waals surface area contributed by atoms with E-state index in [4.69, 9.17) is 0 Å². The van der Waals surface area contributed by atoms with Gasteiger partial charge >= 0.3 is 6.18 Å². The highest BCUT2D eigenvalue weighted by atomic mass is 19.4. The number of nitrogens with one attached hydrogen (secondary N) is 2. The van der Waals surface area contributed by atoms with Gasteiger partial charge in [0.2, 0.25) is 0 Å². The minimum atomic E-state index is -4.60. The molecule has 0 saturated carbocycles. The number of aromatic hydroxyl groups is 1. The number of phenols is 1. The summed E-state index contributed by atoms with van der Waals surface area (Å²) in [5.41, 5.74) is 0.648. The maximum atomic E-state index is 13.7. The third kappa shape index (κ3) is 3.80. The lowest BCUT2D eigenvalue weighted by Crippen LogP contribution is -2.36. The maximum Gasteiger partial charge on any atom is 0.410 e. The topological polar surface area (TPSA) is 79.2 Å². The summed E-state index contributed by atoms with van der Waals surface area (Å²) >= 11 is 0. The summed E-state index contributed by atoms with van der Waals surface area (Å²) < 4.78 is 55.1. The number of carbonyl (C=O) groups is 1. The van der Waals surface area contributed by atoms with E-state index in [0.717, 1.165) is 10.9 Å². The van der Waals surface area contributed by atoms with E-state index in [9.17, 15) is 27.5 Å². The van der Waals surface area contributed by atoms with Crippen LogP contribution in [-0.2, 0) is 0 Å². The molecule has 1 aliphatic heterocycles. The van der Waals surface area contributed by atoms with Crippen LogP contribution in [-0.4, -0.2) is 27.0 Å². The highest BCUT2D eigenvalue weighted by molar-refractivity contribution is 6.07. The van der Waals surface area contributed by atoms with E-state index < -0.39 is 30.0 Å². The van der Waals surface area contributed by atoms with E-state index in [-0.39, 0.29) is 29.2 Å². The monoisotopic (exact) mass is 420 g/mol. The van der Waals surface area contributed by atoms with Gasteiger partial charge < -0.3 is 15.7 Å². The standard InChI is InChI=1S/C20H16F4N4O2/c21-12-6-4-11(5-7-12)16-9-17(20(22,23)24)28-18(27-16)15(10-25-28)19(30)26-13-2-1-3-14(29)8-13/h1-8,10,16-17,27,29H,9H2,(H,26,30). The Kier molecular flexibility index (Phi) is 4.84. The minimum absolute atomic E-state index is 0.0727. The first-order valence-electron chi connectivity index (χ1n) is 8.99. The molecule has 1 amide bonds. The van der Waals surface area contributed by atoms with Gasteiger partial charge in [-0.2, -0.15) is 18.3 Å². The third-order valence-electron chi connectivity index (χ3n) is 4.86. The Hall–Kier alpha value is -3.56. The van der Waals surface area contributed by atoms with Gasteiger partial charge in [0.1, 0.15) is 22.9 Å². The predicted octanol–water partition coefficient (Wildman–Crippen LogP) is 4.64. The molecule has 6 nitrogen and oxygen atoms in total. The fraction of sp³-hybridized carbons (Fsp3) is 0.200. The van der Waals surface area contributed by atoms with Crippen LogP contribution in [0.2, 0.25) is 0 Å². The van der Waals surface area contributed by atoms with Crippen LogP contribution < -0.4 is 10.6 Å². The molecule has 3 N–H and O–H groups in total. The Morgan fingerprint density at radius 1 is 1.20 bits per heavy atom. The number of alkyl halides is 3. The Morgan fingerprint density at radius 2 is 1.93 bits per heavy atom. The van der Waals surface area contributed by atoms with Crippen LogP contribution in [0.3, 0.4) is 0 Å². The van der Waals surface area contributed by atoms with Gasteiger partial charge in [0, 0.05) is 18.2 Å². The van der Waals surface area contributed by atoms with Gasteiger partial charge in [-0.05, 0) is 29.8 Å². The first-order valence-corrected chi connectivity index (χ1v) is 8.99. The molecule has 0 saturated heterocycles. The van der Waals surface area contributed by atoms with Crippen molar-refractivity contribution in [2.24, 2.45) is 0 Å². The van der Waals surface area contributed by atoms with Crippen molar-refractivity contribution in [3.05, 3.63) is 71.7 Å². The Labute approximate surface area is 168 Å². The molecule has 10 heteroatoms. The predicted molar refractivity (Wildman–Crippen MR) is 101 cm³/mol. The van der Waals surface area contributed by atoms with Crippen LogP contribution in [0.15, 0.2) is 54.7 Å². The lowest BCUT2D eigenvalue weighted by atomic mass is 9.96. The van der Waals surface area contributed by atoms with Crippen LogP contribution in [0.1, 0.15) is 34.4 Å². The smallest absolute Gasteiger partial charge is 0.410 e. The Balaban J connectivity index is 1.69. The van der Waals surface area contributed by atoms with E-state index in [1.54, 1.807) is 0 Å². The van der Waals surface area contributed by atoms with E-state index in [1.165, 1.54) is 48.5 Å². The minimum Gasteiger partial charge on any atom is -0.508 e. The van der Waals surface area contributed by atoms with Crippen LogP contribution in [0.25, 0.3) is 0 Å². The second-order valence-electron chi connectivity index (χ2n) is 6.90. The number of nitrogens with zero attached hydrogens (tertiary/aromatic N) is 2. The van der Waals surface area contributed by atoms with Crippen LogP contribution in [0.5, 0.6) is 5.75 Å². The van der Waals surface area contributed by atoms with Gasteiger partial charge in [0.15, 0.2) is 6.04 Å². The zero-order chi connectivity index (χ0) is 21.5. The number of rotatable bonds is 3. The van der Waals surface area contributed by atoms with E-state index in [2.05, 4.69) is 15.7 Å². The van der Waals surface area contributed by atoms with Crippen molar-refractivity contribution in [2.75, 3.05) is 10.6 Å². The second kappa shape index (κ2) is 7.36. The number of benzene rings is 2. The van der Waals surface area contributed by atoms with E-state index in [1.807, 2.05) is 0 Å². The van der Waals surface area contributed by atoms with Crippen LogP contribution in [0, 0.1) is 5.82 Å². The molecule has 0 aliphatic carbocycles. The molecular formula is C20H16F4N4O2. The summed E-state index contributed by atoms with van der Waals surface area (Å²) in [5.74, 6) is -1.35. The summed E-state index contributed by atoms with van der Waals surface area (Å²) in [6.45, 7) is 0. The number of halogens is 4. The number of fused-ring (bicyclic) bond motifs is 1. The van der Waals surface area contributed by atoms with Gasteiger partial charge in [-0.1, -0.05) is 18.2 Å². The molecule has 2 aromatic carbocycles. The molecule has 30 heavy (non-hydrogen) atoms. The average Bonchev–Trinajstić information content (AvgIpc) is 3.11. The quantitative estimate of drug-likeness (QED) is 0.540. The van der Waals surface area contributed by atoms with Crippen molar-refractivity contribution in [3.8, 4) is 5.75 Å². The number of hydrogen-bond acceptors (Lipinski definition) is 4. The lowest BCUT2D eigenvalue weighted by molar-refractivity contribution is -0.173. The van der Waals surface area contributed by atoms with Crippen molar-refractivity contribution in [1.29, 1.82) is 0 Å². The van der Waals surface area contributed by atoms with Gasteiger partial charge in [0.25, 0.3) is 5.91 Å². The van der Waals surface area contributed by atoms with Crippen molar-refractivity contribution in [3.63, 3.8) is 0 Å². The fourth-order valence-electron chi connectivity index (χ4n) is 3.42. The molecule has 4 rings (SSSR count). The van der Waals surface area contributed by atoms with Crippen molar-refractivity contribution in [2.45, 2.75) is 24.7 Å². The number of anilines is 2. The summed E-state index contributed by atoms with van der Waals surface area (Å²) in [6, 6.07) is 8.16. The zero-order valence-electron chi connectivity index (χ0n) is 15.3. The summed E-state index contributed by atoms with van der Waals surface area (Å²) in [6.07, 6.45) is -3.90. The molecule has 0 bridgehead atoms. The number of phenolic OH excluding ortho intramolecular Hbond substituents is 1. The van der Waals surface area contributed by atoms with Crippen LogP contribution in [0.4, 0.5) is 29.1 Å². The molecular weight excluding hydrogens is 404 g/mol. The molecule has 0 radical (unpaired) electrons. The highest BCUT2D eigenvalue weighted by Crippen LogP contribution is 2.44. The molecule has 2 unspecified atom stereocenters. The first kappa shape index (κ1) is 19.7. The van der Waals surface area contributed by atoms with Gasteiger partial charge in [-0.15, -0.1) is 0 Å². The summed E-state index contributed by atoms with van der Waals surface area (Å²) in [5, 5.41) is 18.8. The van der Waals surface area contributed by atoms with Gasteiger partial charge in [0.05, 0.1) is 12.2 Å². The number of aromatic nitrogens is 2. The SMILES string of the molecule is O=C(Nc1cccc(O)c1)c1cnn2c1NC(c1ccc(F)cc1)CC2C(F)(F)F.